The number of likely N-dealkylation sites (N-methyl/N-ethyl adjacent to an activating group) is 1. The first-order valence-corrected chi connectivity index (χ1v) is 5.93. The minimum atomic E-state index is -0.553. The predicted octanol–water partition coefficient (Wildman–Crippen LogP) is 1.05. The van der Waals surface area contributed by atoms with Gasteiger partial charge in [-0.2, -0.15) is 0 Å². The van der Waals surface area contributed by atoms with E-state index in [1.165, 1.54) is 12.1 Å². The van der Waals surface area contributed by atoms with Gasteiger partial charge in [-0.1, -0.05) is 6.07 Å². The number of nitro groups is 1. The van der Waals surface area contributed by atoms with E-state index in [4.69, 9.17) is 0 Å². The summed E-state index contributed by atoms with van der Waals surface area (Å²) >= 11 is 0. The van der Waals surface area contributed by atoms with Gasteiger partial charge < -0.3 is 10.0 Å². The summed E-state index contributed by atoms with van der Waals surface area (Å²) in [5.41, 5.74) is 0.644. The van der Waals surface area contributed by atoms with E-state index in [9.17, 15) is 15.2 Å². The van der Waals surface area contributed by atoms with Crippen LogP contribution >= 0.6 is 0 Å². The van der Waals surface area contributed by atoms with Gasteiger partial charge in [-0.3, -0.25) is 15.0 Å². The Labute approximate surface area is 106 Å². The molecular weight excluding hydrogens is 234 g/mol. The van der Waals surface area contributed by atoms with E-state index in [1.807, 2.05) is 0 Å². The quantitative estimate of drug-likeness (QED) is 0.642. The summed E-state index contributed by atoms with van der Waals surface area (Å²) in [6, 6.07) is 4.58. The fraction of sp³-hybridized carbons (Fsp3) is 0.500. The molecule has 1 saturated heterocycles. The van der Waals surface area contributed by atoms with Gasteiger partial charge in [-0.15, -0.1) is 0 Å². The van der Waals surface area contributed by atoms with Crippen molar-refractivity contribution in [2.75, 3.05) is 33.2 Å². The molecule has 1 aromatic rings. The Hall–Kier alpha value is -1.66. The molecule has 6 heteroatoms. The number of hydrogen-bond acceptors (Lipinski definition) is 5. The van der Waals surface area contributed by atoms with Gasteiger partial charge >= 0.3 is 5.69 Å². The first kappa shape index (κ1) is 12.8. The Morgan fingerprint density at radius 3 is 2.61 bits per heavy atom. The summed E-state index contributed by atoms with van der Waals surface area (Å²) in [4.78, 5) is 14.7. The molecule has 0 spiro atoms. The lowest BCUT2D eigenvalue weighted by Gasteiger charge is -2.32. The molecule has 1 aliphatic rings. The minimum Gasteiger partial charge on any atom is -0.502 e. The van der Waals surface area contributed by atoms with E-state index >= 15 is 0 Å². The smallest absolute Gasteiger partial charge is 0.311 e. The lowest BCUT2D eigenvalue weighted by Crippen LogP contribution is -2.43. The average molecular weight is 251 g/mol. The summed E-state index contributed by atoms with van der Waals surface area (Å²) in [7, 11) is 2.09. The van der Waals surface area contributed by atoms with Crippen molar-refractivity contribution >= 4 is 5.69 Å². The van der Waals surface area contributed by atoms with E-state index in [0.717, 1.165) is 31.7 Å². The van der Waals surface area contributed by atoms with Crippen LogP contribution in [0, 0.1) is 10.1 Å². The number of phenols is 1. The van der Waals surface area contributed by atoms with Gasteiger partial charge in [0, 0.05) is 38.8 Å². The fourth-order valence-corrected chi connectivity index (χ4v) is 2.08. The summed E-state index contributed by atoms with van der Waals surface area (Å²) in [6.45, 7) is 4.64. The zero-order valence-electron chi connectivity index (χ0n) is 10.4. The second-order valence-corrected chi connectivity index (χ2v) is 4.66. The summed E-state index contributed by atoms with van der Waals surface area (Å²) < 4.78 is 0. The molecule has 0 radical (unpaired) electrons. The third kappa shape index (κ3) is 2.96. The molecule has 0 bridgehead atoms. The predicted molar refractivity (Wildman–Crippen MR) is 67.5 cm³/mol. The standard InChI is InChI=1S/C12H17N3O3/c1-13-4-6-14(7-5-13)9-10-2-3-12(16)11(8-10)15(17)18/h2-3,8,16H,4-7,9H2,1H3. The first-order valence-electron chi connectivity index (χ1n) is 5.93. The second-order valence-electron chi connectivity index (χ2n) is 4.66. The molecule has 1 fully saturated rings. The molecule has 1 heterocycles. The highest BCUT2D eigenvalue weighted by Crippen LogP contribution is 2.26. The lowest BCUT2D eigenvalue weighted by molar-refractivity contribution is -0.385. The maximum Gasteiger partial charge on any atom is 0.311 e. The van der Waals surface area contributed by atoms with Crippen LogP contribution in [0.25, 0.3) is 0 Å². The Morgan fingerprint density at radius 2 is 2.00 bits per heavy atom. The number of nitro benzene ring substituents is 1. The molecule has 0 aliphatic carbocycles. The third-order valence-corrected chi connectivity index (χ3v) is 3.24. The van der Waals surface area contributed by atoms with Crippen LogP contribution in [-0.4, -0.2) is 53.1 Å². The van der Waals surface area contributed by atoms with Crippen molar-refractivity contribution in [1.29, 1.82) is 0 Å². The minimum absolute atomic E-state index is 0.221. The van der Waals surface area contributed by atoms with Crippen LogP contribution in [0.4, 0.5) is 5.69 Å². The molecule has 1 aromatic carbocycles. The number of benzene rings is 1. The van der Waals surface area contributed by atoms with E-state index in [2.05, 4.69) is 16.8 Å². The lowest BCUT2D eigenvalue weighted by atomic mass is 10.1. The number of piperazine rings is 1. The normalized spacial score (nSPS) is 17.8. The van der Waals surface area contributed by atoms with Gasteiger partial charge in [0.25, 0.3) is 0 Å². The molecule has 0 unspecified atom stereocenters. The Balaban J connectivity index is 2.05. The van der Waals surface area contributed by atoms with Gasteiger partial charge in [0.05, 0.1) is 4.92 Å². The number of hydrogen-bond donors (Lipinski definition) is 1. The summed E-state index contributed by atoms with van der Waals surface area (Å²) in [5, 5.41) is 20.1. The zero-order chi connectivity index (χ0) is 13.1. The van der Waals surface area contributed by atoms with Crippen molar-refractivity contribution < 1.29 is 10.0 Å². The molecule has 6 nitrogen and oxygen atoms in total. The van der Waals surface area contributed by atoms with Crippen LogP contribution in [0.2, 0.25) is 0 Å². The Bertz CT molecular complexity index is 442. The monoisotopic (exact) mass is 251 g/mol. The van der Waals surface area contributed by atoms with Crippen LogP contribution in [0.5, 0.6) is 5.75 Å². The van der Waals surface area contributed by atoms with Gasteiger partial charge in [0.2, 0.25) is 0 Å². The van der Waals surface area contributed by atoms with E-state index in [-0.39, 0.29) is 11.4 Å². The number of rotatable bonds is 3. The maximum absolute atomic E-state index is 10.7. The third-order valence-electron chi connectivity index (χ3n) is 3.24. The number of phenolic OH excluding ortho intramolecular Hbond substituents is 1. The molecule has 0 saturated carbocycles. The summed E-state index contributed by atoms with van der Waals surface area (Å²) in [6.07, 6.45) is 0. The van der Waals surface area contributed by atoms with Crippen LogP contribution in [0.15, 0.2) is 18.2 Å². The molecule has 1 N–H and O–H groups in total. The molecule has 2 rings (SSSR count). The van der Waals surface area contributed by atoms with Crippen LogP contribution in [-0.2, 0) is 6.54 Å². The number of nitrogens with zero attached hydrogens (tertiary/aromatic N) is 3. The largest absolute Gasteiger partial charge is 0.502 e. The van der Waals surface area contributed by atoms with Crippen molar-refractivity contribution in [2.24, 2.45) is 0 Å². The van der Waals surface area contributed by atoms with E-state index in [0.29, 0.717) is 6.54 Å². The average Bonchev–Trinajstić information content (AvgIpc) is 2.34. The molecule has 0 amide bonds. The fourth-order valence-electron chi connectivity index (χ4n) is 2.08. The molecule has 98 valence electrons. The SMILES string of the molecule is CN1CCN(Cc2ccc(O)c([N+](=O)[O-])c2)CC1. The van der Waals surface area contributed by atoms with Crippen LogP contribution in [0.1, 0.15) is 5.56 Å². The van der Waals surface area contributed by atoms with Gasteiger partial charge in [0.15, 0.2) is 5.75 Å². The molecule has 0 atom stereocenters. The molecule has 0 aromatic heterocycles. The molecule has 1 aliphatic heterocycles. The highest BCUT2D eigenvalue weighted by Gasteiger charge is 2.17. The van der Waals surface area contributed by atoms with Gasteiger partial charge in [-0.25, -0.2) is 0 Å². The second kappa shape index (κ2) is 5.32. The zero-order valence-corrected chi connectivity index (χ0v) is 10.4. The number of aromatic hydroxyl groups is 1. The highest BCUT2D eigenvalue weighted by atomic mass is 16.6. The van der Waals surface area contributed by atoms with Crippen LogP contribution < -0.4 is 0 Å². The van der Waals surface area contributed by atoms with Gasteiger partial charge in [0.1, 0.15) is 0 Å². The van der Waals surface area contributed by atoms with Crippen molar-refractivity contribution in [1.82, 2.24) is 9.80 Å². The Morgan fingerprint density at radius 1 is 1.33 bits per heavy atom. The summed E-state index contributed by atoms with van der Waals surface area (Å²) in [5.74, 6) is -0.276. The first-order chi connectivity index (χ1) is 8.56. The van der Waals surface area contributed by atoms with Crippen molar-refractivity contribution in [3.05, 3.63) is 33.9 Å². The molecule has 18 heavy (non-hydrogen) atoms. The van der Waals surface area contributed by atoms with E-state index < -0.39 is 4.92 Å². The van der Waals surface area contributed by atoms with Crippen molar-refractivity contribution in [2.45, 2.75) is 6.54 Å². The van der Waals surface area contributed by atoms with Crippen LogP contribution in [0.3, 0.4) is 0 Å². The highest BCUT2D eigenvalue weighted by molar-refractivity contribution is 5.47. The van der Waals surface area contributed by atoms with Crippen molar-refractivity contribution in [3.8, 4) is 5.75 Å². The van der Waals surface area contributed by atoms with E-state index in [1.54, 1.807) is 6.07 Å². The Kier molecular flexibility index (Phi) is 3.78. The van der Waals surface area contributed by atoms with Crippen molar-refractivity contribution in [3.63, 3.8) is 0 Å². The van der Waals surface area contributed by atoms with Gasteiger partial charge in [-0.05, 0) is 18.7 Å². The topological polar surface area (TPSA) is 69.8 Å². The molecular formula is C12H17N3O3. The maximum atomic E-state index is 10.7.